The predicted octanol–water partition coefficient (Wildman–Crippen LogP) is 5.69. The molecule has 0 amide bonds. The average Bonchev–Trinajstić information content (AvgIpc) is 2.46. The van der Waals surface area contributed by atoms with Gasteiger partial charge in [-0.15, -0.1) is 0 Å². The zero-order valence-electron chi connectivity index (χ0n) is 14.0. The Morgan fingerprint density at radius 3 is 1.76 bits per heavy atom. The summed E-state index contributed by atoms with van der Waals surface area (Å²) < 4.78 is 0. The summed E-state index contributed by atoms with van der Waals surface area (Å²) in [6.45, 7) is 8.45. The Bertz CT molecular complexity index is 502. The van der Waals surface area contributed by atoms with E-state index in [-0.39, 0.29) is 5.41 Å². The third-order valence-corrected chi connectivity index (χ3v) is 5.11. The molecule has 0 aromatic rings. The number of carbonyl (C=O) groups excluding carboxylic acids is 1. The molecular formula is C20H28O. The molecule has 2 aliphatic rings. The van der Waals surface area contributed by atoms with Crippen molar-refractivity contribution in [2.24, 2.45) is 5.41 Å². The molecule has 0 fully saturated rings. The fraction of sp³-hybridized carbons (Fsp3) is 0.550. The van der Waals surface area contributed by atoms with Gasteiger partial charge in [-0.1, -0.05) is 53.5 Å². The highest BCUT2D eigenvalue weighted by atomic mass is 16.1. The van der Waals surface area contributed by atoms with E-state index >= 15 is 0 Å². The Labute approximate surface area is 129 Å². The van der Waals surface area contributed by atoms with E-state index in [1.54, 1.807) is 6.92 Å². The Morgan fingerprint density at radius 2 is 1.43 bits per heavy atom. The summed E-state index contributed by atoms with van der Waals surface area (Å²) in [7, 11) is 0. The molecule has 1 nitrogen and oxygen atoms in total. The number of Topliss-reactive ketones (excluding diaryl/α,β-unsaturated/α-hetero) is 1. The molecule has 21 heavy (non-hydrogen) atoms. The number of hydrogen-bond acceptors (Lipinski definition) is 1. The van der Waals surface area contributed by atoms with Gasteiger partial charge in [-0.05, 0) is 52.9 Å². The van der Waals surface area contributed by atoms with Crippen molar-refractivity contribution in [3.05, 3.63) is 46.6 Å². The maximum Gasteiger partial charge on any atom is 0.129 e. The van der Waals surface area contributed by atoms with E-state index in [1.165, 1.54) is 22.3 Å². The predicted molar refractivity (Wildman–Crippen MR) is 90.2 cm³/mol. The fourth-order valence-electron chi connectivity index (χ4n) is 3.36. The molecular weight excluding hydrogens is 256 g/mol. The van der Waals surface area contributed by atoms with E-state index in [9.17, 15) is 4.79 Å². The van der Waals surface area contributed by atoms with Crippen molar-refractivity contribution < 1.29 is 4.79 Å². The Kier molecular flexibility index (Phi) is 5.03. The van der Waals surface area contributed by atoms with Gasteiger partial charge in [0, 0.05) is 11.8 Å². The van der Waals surface area contributed by atoms with Crippen LogP contribution in [0, 0.1) is 5.41 Å². The van der Waals surface area contributed by atoms with E-state index in [0.717, 1.165) is 32.1 Å². The van der Waals surface area contributed by atoms with Crippen LogP contribution in [-0.4, -0.2) is 5.78 Å². The van der Waals surface area contributed by atoms with Crippen LogP contribution in [0.4, 0.5) is 0 Å². The first kappa shape index (κ1) is 16.0. The van der Waals surface area contributed by atoms with Crippen molar-refractivity contribution in [2.75, 3.05) is 0 Å². The quantitative estimate of drug-likeness (QED) is 0.633. The van der Waals surface area contributed by atoms with E-state index in [2.05, 4.69) is 45.1 Å². The van der Waals surface area contributed by atoms with Crippen LogP contribution in [0.1, 0.15) is 66.2 Å². The zero-order valence-corrected chi connectivity index (χ0v) is 14.0. The smallest absolute Gasteiger partial charge is 0.129 e. The van der Waals surface area contributed by atoms with Gasteiger partial charge in [0.05, 0.1) is 0 Å². The molecule has 0 heterocycles. The van der Waals surface area contributed by atoms with Crippen molar-refractivity contribution in [3.63, 3.8) is 0 Å². The number of hydrogen-bond donors (Lipinski definition) is 0. The highest BCUT2D eigenvalue weighted by Gasteiger charge is 2.33. The van der Waals surface area contributed by atoms with Gasteiger partial charge in [0.2, 0.25) is 0 Å². The molecule has 1 heteroatoms. The number of allylic oxidation sites excluding steroid dienone is 8. The van der Waals surface area contributed by atoms with Gasteiger partial charge in [-0.25, -0.2) is 0 Å². The topological polar surface area (TPSA) is 17.1 Å². The van der Waals surface area contributed by atoms with E-state index in [4.69, 9.17) is 0 Å². The molecule has 114 valence electrons. The van der Waals surface area contributed by atoms with Crippen molar-refractivity contribution in [3.8, 4) is 0 Å². The molecule has 0 spiro atoms. The Morgan fingerprint density at radius 1 is 0.952 bits per heavy atom. The summed E-state index contributed by atoms with van der Waals surface area (Å²) in [5, 5.41) is 0. The summed E-state index contributed by atoms with van der Waals surface area (Å²) in [6, 6.07) is 0. The Hall–Kier alpha value is -1.37. The van der Waals surface area contributed by atoms with Crippen LogP contribution in [0.2, 0.25) is 0 Å². The maximum absolute atomic E-state index is 11.5. The molecule has 0 unspecified atom stereocenters. The van der Waals surface area contributed by atoms with Crippen LogP contribution in [0.15, 0.2) is 46.6 Å². The van der Waals surface area contributed by atoms with Gasteiger partial charge in [-0.3, -0.25) is 0 Å². The number of carbonyl (C=O) groups is 1. The van der Waals surface area contributed by atoms with Gasteiger partial charge in [-0.2, -0.15) is 0 Å². The summed E-state index contributed by atoms with van der Waals surface area (Å²) in [6.07, 6.45) is 15.3. The first-order valence-corrected chi connectivity index (χ1v) is 8.15. The van der Waals surface area contributed by atoms with Crippen LogP contribution in [-0.2, 0) is 4.79 Å². The van der Waals surface area contributed by atoms with Crippen LogP contribution in [0.3, 0.4) is 0 Å². The summed E-state index contributed by atoms with van der Waals surface area (Å²) in [5.74, 6) is 0.299. The molecule has 0 radical (unpaired) electrons. The third-order valence-electron chi connectivity index (χ3n) is 5.11. The second-order valence-corrected chi connectivity index (χ2v) is 6.94. The molecule has 0 aromatic heterocycles. The molecule has 0 aliphatic heterocycles. The SMILES string of the molecule is CC(=O)CCC(C)(C1=CC=C(C)CC1)C1=CC=C(C)CC1. The fourth-order valence-corrected chi connectivity index (χ4v) is 3.36. The standard InChI is InChI=1S/C20H28O/c1-15-5-9-18(10-6-15)20(4,14-13-17(3)21)19-11-7-16(2)8-12-19/h5,7,9,11H,6,8,10,12-14H2,1-4H3. The van der Waals surface area contributed by atoms with E-state index in [0.29, 0.717) is 12.2 Å². The second-order valence-electron chi connectivity index (χ2n) is 6.94. The van der Waals surface area contributed by atoms with Crippen LogP contribution >= 0.6 is 0 Å². The Balaban J connectivity index is 2.32. The molecule has 0 aromatic carbocycles. The van der Waals surface area contributed by atoms with Gasteiger partial charge < -0.3 is 4.79 Å². The van der Waals surface area contributed by atoms with Crippen LogP contribution in [0.25, 0.3) is 0 Å². The number of rotatable bonds is 5. The largest absolute Gasteiger partial charge is 0.300 e. The van der Waals surface area contributed by atoms with Gasteiger partial charge in [0.25, 0.3) is 0 Å². The highest BCUT2D eigenvalue weighted by Crippen LogP contribution is 2.46. The van der Waals surface area contributed by atoms with Crippen molar-refractivity contribution >= 4 is 5.78 Å². The molecule has 2 aliphatic carbocycles. The zero-order chi connectivity index (χ0) is 15.5. The average molecular weight is 284 g/mol. The molecule has 0 bridgehead atoms. The first-order valence-electron chi connectivity index (χ1n) is 8.15. The van der Waals surface area contributed by atoms with Gasteiger partial charge >= 0.3 is 0 Å². The van der Waals surface area contributed by atoms with E-state index < -0.39 is 0 Å². The number of ketones is 1. The first-order chi connectivity index (χ1) is 9.91. The lowest BCUT2D eigenvalue weighted by atomic mass is 9.67. The molecule has 0 saturated carbocycles. The third kappa shape index (κ3) is 3.84. The summed E-state index contributed by atoms with van der Waals surface area (Å²) in [5.41, 5.74) is 5.99. The van der Waals surface area contributed by atoms with Crippen molar-refractivity contribution in [2.45, 2.75) is 66.2 Å². The normalized spacial score (nSPS) is 19.4. The monoisotopic (exact) mass is 284 g/mol. The van der Waals surface area contributed by atoms with Crippen molar-refractivity contribution in [1.82, 2.24) is 0 Å². The maximum atomic E-state index is 11.5. The lowest BCUT2D eigenvalue weighted by molar-refractivity contribution is -0.117. The second kappa shape index (κ2) is 6.60. The van der Waals surface area contributed by atoms with Crippen LogP contribution in [0.5, 0.6) is 0 Å². The summed E-state index contributed by atoms with van der Waals surface area (Å²) in [4.78, 5) is 11.5. The van der Waals surface area contributed by atoms with Gasteiger partial charge in [0.1, 0.15) is 5.78 Å². The minimum absolute atomic E-state index is 0.0556. The van der Waals surface area contributed by atoms with Gasteiger partial charge in [0.15, 0.2) is 0 Å². The van der Waals surface area contributed by atoms with Crippen molar-refractivity contribution in [1.29, 1.82) is 0 Å². The minimum Gasteiger partial charge on any atom is -0.300 e. The molecule has 0 atom stereocenters. The molecule has 0 saturated heterocycles. The lowest BCUT2D eigenvalue weighted by Crippen LogP contribution is -2.25. The summed E-state index contributed by atoms with van der Waals surface area (Å²) >= 11 is 0. The minimum atomic E-state index is 0.0556. The molecule has 2 rings (SSSR count). The highest BCUT2D eigenvalue weighted by molar-refractivity contribution is 5.75. The van der Waals surface area contributed by atoms with E-state index in [1.807, 2.05) is 0 Å². The van der Waals surface area contributed by atoms with Crippen LogP contribution < -0.4 is 0 Å². The molecule has 0 N–H and O–H groups in total. The lowest BCUT2D eigenvalue weighted by Gasteiger charge is -2.38.